The molecule has 1 atom stereocenters. The van der Waals surface area contributed by atoms with Gasteiger partial charge in [0, 0.05) is 17.8 Å². The number of carbonyl (C=O) groups is 1. The molecule has 0 bridgehead atoms. The summed E-state index contributed by atoms with van der Waals surface area (Å²) in [5.41, 5.74) is -0.123. The molecular formula is C19H17F2N2O5-. The van der Waals surface area contributed by atoms with Crippen LogP contribution in [-0.2, 0) is 0 Å². The second-order valence-corrected chi connectivity index (χ2v) is 7.56. The lowest BCUT2D eigenvalue weighted by atomic mass is 9.93. The molecule has 1 aromatic heterocycles. The summed E-state index contributed by atoms with van der Waals surface area (Å²) < 4.78 is 31.2. The molecule has 1 N–H and O–H groups in total. The Morgan fingerprint density at radius 2 is 2.07 bits per heavy atom. The lowest BCUT2D eigenvalue weighted by Crippen LogP contribution is -2.50. The van der Waals surface area contributed by atoms with E-state index in [0.717, 1.165) is 12.5 Å². The van der Waals surface area contributed by atoms with Crippen LogP contribution in [-0.4, -0.2) is 27.9 Å². The van der Waals surface area contributed by atoms with E-state index in [1.54, 1.807) is 4.68 Å². The summed E-state index contributed by atoms with van der Waals surface area (Å²) in [5, 5.41) is 23.5. The van der Waals surface area contributed by atoms with Crippen molar-refractivity contribution in [3.05, 3.63) is 45.7 Å². The van der Waals surface area contributed by atoms with Crippen LogP contribution in [0.3, 0.4) is 0 Å². The molecule has 7 nitrogen and oxygen atoms in total. The molecule has 0 radical (unpaired) electrons. The Kier molecular flexibility index (Phi) is 3.88. The number of ether oxygens (including phenoxy) is 1. The summed E-state index contributed by atoms with van der Waals surface area (Å²) in [6.07, 6.45) is 2.69. The van der Waals surface area contributed by atoms with Gasteiger partial charge < -0.3 is 14.9 Å². The number of hydrogen-bond donors (Lipinski definition) is 1. The standard InChI is InChI=1S/C19H18F2N2O5/c1-19(2)4-3-12-9-5-15(25)16(28-18(20)21)6-10(9)13-7-14(24)11(17(26)27)8-22(13)23(12)19/h5-8,12,18,25H,3-4H2,1-2H3,(H,26,27)/p-1. The normalized spacial score (nSPS) is 19.2. The second-order valence-electron chi connectivity index (χ2n) is 7.56. The highest BCUT2D eigenvalue weighted by Gasteiger charge is 2.45. The molecule has 148 valence electrons. The number of alkyl halides is 2. The van der Waals surface area contributed by atoms with Crippen LogP contribution in [0.2, 0.25) is 0 Å². The SMILES string of the molecule is CC1(C)CCC2c3cc([O-])c(OC(F)F)cc3-c3cc(=O)c(C(=O)O)cn3N21. The van der Waals surface area contributed by atoms with Crippen molar-refractivity contribution in [3.63, 3.8) is 0 Å². The molecule has 0 amide bonds. The van der Waals surface area contributed by atoms with Gasteiger partial charge in [0.2, 0.25) is 0 Å². The molecule has 2 aliphatic rings. The van der Waals surface area contributed by atoms with Gasteiger partial charge in [-0.2, -0.15) is 8.78 Å². The number of carboxylic acids is 1. The Bertz CT molecular complexity index is 1050. The fourth-order valence-corrected chi connectivity index (χ4v) is 4.20. The molecule has 1 aromatic carbocycles. The lowest BCUT2D eigenvalue weighted by Gasteiger charge is -2.45. The quantitative estimate of drug-likeness (QED) is 0.864. The highest BCUT2D eigenvalue weighted by Crippen LogP contribution is 2.49. The maximum atomic E-state index is 12.7. The van der Waals surface area contributed by atoms with Gasteiger partial charge in [-0.3, -0.25) is 14.5 Å². The van der Waals surface area contributed by atoms with Gasteiger partial charge in [-0.05, 0) is 38.3 Å². The van der Waals surface area contributed by atoms with Gasteiger partial charge in [0.05, 0.1) is 17.3 Å². The third-order valence-corrected chi connectivity index (χ3v) is 5.41. The van der Waals surface area contributed by atoms with Gasteiger partial charge in [0.1, 0.15) is 11.3 Å². The molecule has 9 heteroatoms. The second kappa shape index (κ2) is 5.95. The molecule has 0 spiro atoms. The van der Waals surface area contributed by atoms with E-state index in [4.69, 9.17) is 0 Å². The van der Waals surface area contributed by atoms with Gasteiger partial charge >= 0.3 is 12.6 Å². The average Bonchev–Trinajstić information content (AvgIpc) is 2.91. The van der Waals surface area contributed by atoms with Crippen LogP contribution in [0.1, 0.15) is 48.7 Å². The predicted molar refractivity (Wildman–Crippen MR) is 93.4 cm³/mol. The first kappa shape index (κ1) is 18.3. The monoisotopic (exact) mass is 391 g/mol. The van der Waals surface area contributed by atoms with E-state index in [0.29, 0.717) is 23.2 Å². The zero-order valence-electron chi connectivity index (χ0n) is 15.1. The summed E-state index contributed by atoms with van der Waals surface area (Å²) in [5.74, 6) is -2.53. The van der Waals surface area contributed by atoms with E-state index < -0.39 is 35.1 Å². The van der Waals surface area contributed by atoms with E-state index in [2.05, 4.69) is 4.74 Å². The topological polar surface area (TPSA) is 94.8 Å². The van der Waals surface area contributed by atoms with Gasteiger partial charge in [-0.15, -0.1) is 0 Å². The molecule has 0 aliphatic carbocycles. The van der Waals surface area contributed by atoms with E-state index >= 15 is 0 Å². The van der Waals surface area contributed by atoms with Crippen LogP contribution in [0.4, 0.5) is 8.78 Å². The van der Waals surface area contributed by atoms with Crippen molar-refractivity contribution in [2.75, 3.05) is 5.01 Å². The molecule has 2 aliphatic heterocycles. The zero-order valence-corrected chi connectivity index (χ0v) is 15.1. The smallest absolute Gasteiger partial charge is 0.387 e. The summed E-state index contributed by atoms with van der Waals surface area (Å²) in [6.45, 7) is 0.798. The summed E-state index contributed by atoms with van der Waals surface area (Å²) in [6, 6.07) is 3.38. The summed E-state index contributed by atoms with van der Waals surface area (Å²) >= 11 is 0. The minimum absolute atomic E-state index is 0.255. The van der Waals surface area contributed by atoms with Crippen LogP contribution in [0.5, 0.6) is 11.5 Å². The summed E-state index contributed by atoms with van der Waals surface area (Å²) in [4.78, 5) is 23.8. The molecule has 28 heavy (non-hydrogen) atoms. The van der Waals surface area contributed by atoms with E-state index in [1.165, 1.54) is 18.3 Å². The number of halogens is 2. The zero-order chi connectivity index (χ0) is 20.4. The van der Waals surface area contributed by atoms with Crippen molar-refractivity contribution in [3.8, 4) is 22.8 Å². The third-order valence-electron chi connectivity index (χ3n) is 5.41. The molecule has 3 heterocycles. The number of aromatic carboxylic acids is 1. The van der Waals surface area contributed by atoms with Crippen LogP contribution in [0.15, 0.2) is 29.2 Å². The van der Waals surface area contributed by atoms with Crippen molar-refractivity contribution in [2.45, 2.75) is 44.9 Å². The Labute approximate surface area is 158 Å². The Morgan fingerprint density at radius 3 is 2.71 bits per heavy atom. The molecule has 1 fully saturated rings. The van der Waals surface area contributed by atoms with Crippen molar-refractivity contribution in [1.29, 1.82) is 0 Å². The first-order chi connectivity index (χ1) is 13.1. The Morgan fingerprint density at radius 1 is 1.36 bits per heavy atom. The van der Waals surface area contributed by atoms with Gasteiger partial charge in [-0.1, -0.05) is 11.8 Å². The fourth-order valence-electron chi connectivity index (χ4n) is 4.20. The minimum Gasteiger partial charge on any atom is -0.870 e. The molecule has 1 unspecified atom stereocenters. The first-order valence-electron chi connectivity index (χ1n) is 8.70. The van der Waals surface area contributed by atoms with Crippen LogP contribution in [0, 0.1) is 0 Å². The summed E-state index contributed by atoms with van der Waals surface area (Å²) in [7, 11) is 0. The van der Waals surface area contributed by atoms with Crippen molar-refractivity contribution in [1.82, 2.24) is 4.68 Å². The molecule has 1 saturated heterocycles. The van der Waals surface area contributed by atoms with Crippen molar-refractivity contribution in [2.24, 2.45) is 0 Å². The fraction of sp³-hybridized carbons (Fsp3) is 0.368. The van der Waals surface area contributed by atoms with Crippen LogP contribution >= 0.6 is 0 Å². The minimum atomic E-state index is -3.16. The van der Waals surface area contributed by atoms with Gasteiger partial charge in [0.15, 0.2) is 5.43 Å². The number of rotatable bonds is 3. The maximum absolute atomic E-state index is 12.7. The molecule has 4 rings (SSSR count). The average molecular weight is 391 g/mol. The Balaban J connectivity index is 2.02. The Hall–Kier alpha value is -3.10. The number of aromatic nitrogens is 1. The highest BCUT2D eigenvalue weighted by molar-refractivity contribution is 5.88. The van der Waals surface area contributed by atoms with Crippen molar-refractivity contribution >= 4 is 5.97 Å². The first-order valence-corrected chi connectivity index (χ1v) is 8.70. The van der Waals surface area contributed by atoms with Gasteiger partial charge in [-0.25, -0.2) is 4.79 Å². The lowest BCUT2D eigenvalue weighted by molar-refractivity contribution is -0.272. The highest BCUT2D eigenvalue weighted by atomic mass is 19.3. The van der Waals surface area contributed by atoms with Crippen molar-refractivity contribution < 1.29 is 28.5 Å². The number of fused-ring (bicyclic) bond motifs is 6. The number of hydrogen-bond acceptors (Lipinski definition) is 5. The van der Waals surface area contributed by atoms with Crippen LogP contribution < -0.4 is 20.3 Å². The molecule has 0 saturated carbocycles. The van der Waals surface area contributed by atoms with Gasteiger partial charge in [0.25, 0.3) is 0 Å². The van der Waals surface area contributed by atoms with E-state index in [9.17, 15) is 28.6 Å². The van der Waals surface area contributed by atoms with E-state index in [-0.39, 0.29) is 11.6 Å². The maximum Gasteiger partial charge on any atom is 0.387 e. The number of nitrogens with zero attached hydrogens (tertiary/aromatic N) is 2. The molecule has 2 aromatic rings. The number of pyridine rings is 1. The third kappa shape index (κ3) is 2.61. The predicted octanol–water partition coefficient (Wildman–Crippen LogP) is 2.45. The molecular weight excluding hydrogens is 374 g/mol. The number of carboxylic acid groups (broad SMARTS) is 1. The van der Waals surface area contributed by atoms with E-state index in [1.807, 2.05) is 18.9 Å². The number of benzene rings is 1. The van der Waals surface area contributed by atoms with Crippen LogP contribution in [0.25, 0.3) is 11.3 Å². The largest absolute Gasteiger partial charge is 0.870 e.